The molecule has 2 rings (SSSR count). The molecule has 0 radical (unpaired) electrons. The minimum absolute atomic E-state index is 0.361. The second-order valence-corrected chi connectivity index (χ2v) is 4.94. The van der Waals surface area contributed by atoms with Gasteiger partial charge in [0.1, 0.15) is 5.75 Å². The summed E-state index contributed by atoms with van der Waals surface area (Å²) in [4.78, 5) is 11.4. The van der Waals surface area contributed by atoms with Gasteiger partial charge in [-0.25, -0.2) is 4.79 Å². The van der Waals surface area contributed by atoms with Crippen LogP contribution in [0.1, 0.15) is 38.2 Å². The first kappa shape index (κ1) is 12.8. The first-order chi connectivity index (χ1) is 8.51. The third-order valence-corrected chi connectivity index (χ3v) is 3.36. The molecule has 96 valence electrons. The van der Waals surface area contributed by atoms with Crippen LogP contribution < -0.4 is 4.74 Å². The molecular formula is C15H18O3. The van der Waals surface area contributed by atoms with E-state index in [0.29, 0.717) is 11.3 Å². The first-order valence-corrected chi connectivity index (χ1v) is 6.22. The lowest BCUT2D eigenvalue weighted by Gasteiger charge is -2.23. The van der Waals surface area contributed by atoms with Crippen LogP contribution in [-0.2, 0) is 10.4 Å². The Hall–Kier alpha value is -1.61. The van der Waals surface area contributed by atoms with Gasteiger partial charge in [0.25, 0.3) is 0 Å². The van der Waals surface area contributed by atoms with Crippen LogP contribution in [-0.4, -0.2) is 11.1 Å². The highest BCUT2D eigenvalue weighted by Gasteiger charge is 2.33. The van der Waals surface area contributed by atoms with E-state index in [1.54, 1.807) is 25.1 Å². The highest BCUT2D eigenvalue weighted by molar-refractivity contribution is 5.88. The standard InChI is InChI=1S/C15H18O3/c1-11(2)14(16)18-13-7-5-6-12(10-13)15(17)8-3-4-9-15/h5-7,10,17H,1,3-4,8-9H2,2H3. The van der Waals surface area contributed by atoms with Crippen LogP contribution in [0.25, 0.3) is 0 Å². The van der Waals surface area contributed by atoms with Gasteiger partial charge in [-0.3, -0.25) is 0 Å². The number of carbonyl (C=O) groups excluding carboxylic acids is 1. The Balaban J connectivity index is 2.20. The number of hydrogen-bond donors (Lipinski definition) is 1. The number of ether oxygens (including phenoxy) is 1. The van der Waals surface area contributed by atoms with Crippen LogP contribution in [0.3, 0.4) is 0 Å². The molecule has 0 atom stereocenters. The smallest absolute Gasteiger partial charge is 0.338 e. The van der Waals surface area contributed by atoms with Gasteiger partial charge in [-0.2, -0.15) is 0 Å². The number of carbonyl (C=O) groups is 1. The zero-order chi connectivity index (χ0) is 13.2. The van der Waals surface area contributed by atoms with Crippen molar-refractivity contribution < 1.29 is 14.6 Å². The predicted molar refractivity (Wildman–Crippen MR) is 69.3 cm³/mol. The summed E-state index contributed by atoms with van der Waals surface area (Å²) in [6, 6.07) is 7.13. The van der Waals surface area contributed by atoms with Crippen LogP contribution >= 0.6 is 0 Å². The summed E-state index contributed by atoms with van der Waals surface area (Å²) in [7, 11) is 0. The van der Waals surface area contributed by atoms with E-state index < -0.39 is 11.6 Å². The lowest BCUT2D eigenvalue weighted by atomic mass is 9.92. The van der Waals surface area contributed by atoms with Gasteiger partial charge in [-0.15, -0.1) is 0 Å². The zero-order valence-electron chi connectivity index (χ0n) is 10.6. The van der Waals surface area contributed by atoms with Crippen molar-refractivity contribution in [2.24, 2.45) is 0 Å². The van der Waals surface area contributed by atoms with Crippen LogP contribution in [0.2, 0.25) is 0 Å². The molecule has 0 aliphatic heterocycles. The molecule has 1 aromatic rings. The number of aliphatic hydroxyl groups is 1. The van der Waals surface area contributed by atoms with E-state index in [-0.39, 0.29) is 0 Å². The number of esters is 1. The van der Waals surface area contributed by atoms with E-state index in [4.69, 9.17) is 4.74 Å². The van der Waals surface area contributed by atoms with E-state index in [1.807, 2.05) is 6.07 Å². The van der Waals surface area contributed by atoms with Gasteiger partial charge in [0.15, 0.2) is 0 Å². The average Bonchev–Trinajstić information content (AvgIpc) is 2.78. The summed E-state index contributed by atoms with van der Waals surface area (Å²) < 4.78 is 5.17. The van der Waals surface area contributed by atoms with Crippen LogP contribution in [0.5, 0.6) is 5.75 Å². The quantitative estimate of drug-likeness (QED) is 0.506. The van der Waals surface area contributed by atoms with Crippen molar-refractivity contribution in [1.82, 2.24) is 0 Å². The SMILES string of the molecule is C=C(C)C(=O)Oc1cccc(C2(O)CCCC2)c1. The number of benzene rings is 1. The molecule has 1 aliphatic carbocycles. The molecule has 1 aromatic carbocycles. The van der Waals surface area contributed by atoms with Gasteiger partial charge < -0.3 is 9.84 Å². The van der Waals surface area contributed by atoms with Gasteiger partial charge >= 0.3 is 5.97 Å². The van der Waals surface area contributed by atoms with Gasteiger partial charge in [0.05, 0.1) is 5.60 Å². The Bertz CT molecular complexity index is 470. The molecule has 0 aromatic heterocycles. The highest BCUT2D eigenvalue weighted by atomic mass is 16.5. The fourth-order valence-corrected chi connectivity index (χ4v) is 2.29. The van der Waals surface area contributed by atoms with Crippen molar-refractivity contribution in [1.29, 1.82) is 0 Å². The molecule has 0 unspecified atom stereocenters. The molecule has 0 saturated heterocycles. The third kappa shape index (κ3) is 2.62. The monoisotopic (exact) mass is 246 g/mol. The molecule has 18 heavy (non-hydrogen) atoms. The largest absolute Gasteiger partial charge is 0.423 e. The summed E-state index contributed by atoms with van der Waals surface area (Å²) in [5.41, 5.74) is 0.429. The lowest BCUT2D eigenvalue weighted by Crippen LogP contribution is -2.21. The Morgan fingerprint density at radius 1 is 1.39 bits per heavy atom. The number of hydrogen-bond acceptors (Lipinski definition) is 3. The van der Waals surface area contributed by atoms with Crippen molar-refractivity contribution in [3.05, 3.63) is 42.0 Å². The molecule has 1 fully saturated rings. The molecule has 0 amide bonds. The Morgan fingerprint density at radius 3 is 2.67 bits per heavy atom. The maximum Gasteiger partial charge on any atom is 0.338 e. The molecule has 1 saturated carbocycles. The fraction of sp³-hybridized carbons (Fsp3) is 0.400. The van der Waals surface area contributed by atoms with E-state index in [2.05, 4.69) is 6.58 Å². The van der Waals surface area contributed by atoms with Crippen molar-refractivity contribution in [2.45, 2.75) is 38.2 Å². The second-order valence-electron chi connectivity index (χ2n) is 4.94. The summed E-state index contributed by atoms with van der Waals surface area (Å²) in [6.45, 7) is 5.15. The Kier molecular flexibility index (Phi) is 3.53. The summed E-state index contributed by atoms with van der Waals surface area (Å²) in [5, 5.41) is 10.5. The summed E-state index contributed by atoms with van der Waals surface area (Å²) >= 11 is 0. The maximum atomic E-state index is 11.4. The molecular weight excluding hydrogens is 228 g/mol. The lowest BCUT2D eigenvalue weighted by molar-refractivity contribution is -0.130. The van der Waals surface area contributed by atoms with Crippen LogP contribution in [0.4, 0.5) is 0 Å². The first-order valence-electron chi connectivity index (χ1n) is 6.22. The molecule has 3 nitrogen and oxygen atoms in total. The highest BCUT2D eigenvalue weighted by Crippen LogP contribution is 2.39. The van der Waals surface area contributed by atoms with Crippen molar-refractivity contribution in [2.75, 3.05) is 0 Å². The van der Waals surface area contributed by atoms with Crippen LogP contribution in [0.15, 0.2) is 36.4 Å². The summed E-state index contributed by atoms with van der Waals surface area (Å²) in [5.74, 6) is 0.0198. The third-order valence-electron chi connectivity index (χ3n) is 3.36. The van der Waals surface area contributed by atoms with Crippen molar-refractivity contribution in [3.63, 3.8) is 0 Å². The topological polar surface area (TPSA) is 46.5 Å². The van der Waals surface area contributed by atoms with Gasteiger partial charge in [-0.05, 0) is 37.5 Å². The second kappa shape index (κ2) is 4.94. The molecule has 1 aliphatic rings. The van der Waals surface area contributed by atoms with Crippen molar-refractivity contribution >= 4 is 5.97 Å². The Labute approximate surface area is 107 Å². The molecule has 1 N–H and O–H groups in total. The van der Waals surface area contributed by atoms with Crippen LogP contribution in [0, 0.1) is 0 Å². The zero-order valence-corrected chi connectivity index (χ0v) is 10.6. The van der Waals surface area contributed by atoms with E-state index in [0.717, 1.165) is 31.2 Å². The Morgan fingerprint density at radius 2 is 2.06 bits per heavy atom. The van der Waals surface area contributed by atoms with Gasteiger partial charge in [-0.1, -0.05) is 31.6 Å². The minimum Gasteiger partial charge on any atom is -0.423 e. The van der Waals surface area contributed by atoms with E-state index in [1.165, 1.54) is 0 Å². The van der Waals surface area contributed by atoms with Crippen molar-refractivity contribution in [3.8, 4) is 5.75 Å². The maximum absolute atomic E-state index is 11.4. The predicted octanol–water partition coefficient (Wildman–Crippen LogP) is 2.93. The molecule has 0 spiro atoms. The number of rotatable bonds is 3. The normalized spacial score (nSPS) is 17.4. The summed E-state index contributed by atoms with van der Waals surface area (Å²) in [6.07, 6.45) is 3.61. The van der Waals surface area contributed by atoms with Gasteiger partial charge in [0, 0.05) is 5.57 Å². The molecule has 0 bridgehead atoms. The van der Waals surface area contributed by atoms with E-state index in [9.17, 15) is 9.90 Å². The molecule has 3 heteroatoms. The molecule has 0 heterocycles. The average molecular weight is 246 g/mol. The minimum atomic E-state index is -0.758. The fourth-order valence-electron chi connectivity index (χ4n) is 2.29. The van der Waals surface area contributed by atoms with Gasteiger partial charge in [0.2, 0.25) is 0 Å². The van der Waals surface area contributed by atoms with E-state index >= 15 is 0 Å².